The Morgan fingerprint density at radius 2 is 2.35 bits per heavy atom. The van der Waals surface area contributed by atoms with E-state index in [1.807, 2.05) is 0 Å². The fourth-order valence-corrected chi connectivity index (χ4v) is 1.90. The van der Waals surface area contributed by atoms with E-state index in [2.05, 4.69) is 0 Å². The largest absolute Gasteiger partial charge is 0.507 e. The molecule has 4 nitrogen and oxygen atoms in total. The first-order valence-corrected chi connectivity index (χ1v) is 5.43. The minimum absolute atomic E-state index is 0.00774. The lowest BCUT2D eigenvalue weighted by molar-refractivity contribution is 0.101. The number of hydrogen-bond acceptors (Lipinski definition) is 4. The first kappa shape index (κ1) is 11.7. The summed E-state index contributed by atoms with van der Waals surface area (Å²) in [4.78, 5) is 11.3. The first-order valence-electron chi connectivity index (χ1n) is 5.43. The lowest BCUT2D eigenvalue weighted by atomic mass is 10.0. The molecule has 0 saturated carbocycles. The van der Waals surface area contributed by atoms with Gasteiger partial charge in [0, 0.05) is 12.0 Å². The van der Waals surface area contributed by atoms with Gasteiger partial charge in [0.15, 0.2) is 5.78 Å². The number of phenols is 1. The predicted octanol–water partition coefficient (Wildman–Crippen LogP) is 1.45. The first-order chi connectivity index (χ1) is 8.11. The zero-order valence-corrected chi connectivity index (χ0v) is 9.51. The van der Waals surface area contributed by atoms with Crippen molar-refractivity contribution in [3.63, 3.8) is 0 Å². The Labute approximate surface area is 99.2 Å². The van der Waals surface area contributed by atoms with Gasteiger partial charge in [-0.2, -0.15) is 0 Å². The van der Waals surface area contributed by atoms with Crippen LogP contribution in [0.25, 0.3) is 0 Å². The third-order valence-corrected chi connectivity index (χ3v) is 2.71. The third-order valence-electron chi connectivity index (χ3n) is 2.71. The number of aromatic hydroxyl groups is 1. The van der Waals surface area contributed by atoms with Crippen LogP contribution in [-0.2, 0) is 6.42 Å². The number of hydrogen-bond donors (Lipinski definition) is 2. The number of ketones is 1. The van der Waals surface area contributed by atoms with Crippen molar-refractivity contribution in [2.45, 2.75) is 19.4 Å². The molecule has 4 heteroatoms. The summed E-state index contributed by atoms with van der Waals surface area (Å²) in [5, 5.41) is 18.4. The summed E-state index contributed by atoms with van der Waals surface area (Å²) in [5.41, 5.74) is 1.15. The summed E-state index contributed by atoms with van der Waals surface area (Å²) in [5.74, 6) is 0.426. The Hall–Kier alpha value is -1.81. The van der Waals surface area contributed by atoms with E-state index >= 15 is 0 Å². The molecule has 1 unspecified atom stereocenters. The van der Waals surface area contributed by atoms with Crippen LogP contribution in [0.1, 0.15) is 22.8 Å². The summed E-state index contributed by atoms with van der Waals surface area (Å²) in [6, 6.07) is 3.14. The van der Waals surface area contributed by atoms with Crippen LogP contribution in [0.15, 0.2) is 24.3 Å². The number of aliphatic hydroxyl groups is 1. The van der Waals surface area contributed by atoms with Crippen molar-refractivity contribution in [2.75, 3.05) is 6.61 Å². The molecule has 1 aromatic carbocycles. The van der Waals surface area contributed by atoms with Gasteiger partial charge in [0.2, 0.25) is 0 Å². The molecule has 0 saturated heterocycles. The van der Waals surface area contributed by atoms with Crippen molar-refractivity contribution in [1.82, 2.24) is 0 Å². The highest BCUT2D eigenvalue weighted by atomic mass is 16.5. The molecule has 1 aromatic rings. The quantitative estimate of drug-likeness (QED) is 0.613. The van der Waals surface area contributed by atoms with Crippen LogP contribution < -0.4 is 4.74 Å². The van der Waals surface area contributed by atoms with Crippen molar-refractivity contribution in [1.29, 1.82) is 0 Å². The molecule has 0 radical (unpaired) electrons. The number of rotatable bonds is 3. The van der Waals surface area contributed by atoms with Crippen LogP contribution in [0, 0.1) is 0 Å². The second kappa shape index (κ2) is 4.59. The van der Waals surface area contributed by atoms with Gasteiger partial charge in [-0.25, -0.2) is 0 Å². The highest BCUT2D eigenvalue weighted by molar-refractivity contribution is 5.97. The smallest absolute Gasteiger partial charge is 0.163 e. The second-order valence-electron chi connectivity index (χ2n) is 4.00. The molecule has 1 aliphatic rings. The van der Waals surface area contributed by atoms with Gasteiger partial charge in [-0.1, -0.05) is 6.08 Å². The van der Waals surface area contributed by atoms with Gasteiger partial charge in [-0.15, -0.1) is 0 Å². The molecule has 17 heavy (non-hydrogen) atoms. The summed E-state index contributed by atoms with van der Waals surface area (Å²) in [6.45, 7) is 1.37. The summed E-state index contributed by atoms with van der Waals surface area (Å²) < 4.78 is 5.59. The molecule has 0 fully saturated rings. The molecule has 1 atom stereocenters. The molecule has 0 aliphatic carbocycles. The standard InChI is InChI=1S/C13H14O4/c1-8(15)11-7-13-9(6-12(11)16)5-10(17-13)3-2-4-14/h2-3,6-7,10,14,16H,4-5H2,1H3. The fraction of sp³-hybridized carbons (Fsp3) is 0.308. The van der Waals surface area contributed by atoms with Crippen LogP contribution in [0.4, 0.5) is 0 Å². The minimum atomic E-state index is -0.191. The Kier molecular flexibility index (Phi) is 3.15. The molecule has 1 aliphatic heterocycles. The fourth-order valence-electron chi connectivity index (χ4n) is 1.90. The minimum Gasteiger partial charge on any atom is -0.507 e. The molecule has 2 rings (SSSR count). The van der Waals surface area contributed by atoms with E-state index in [-0.39, 0.29) is 29.8 Å². The van der Waals surface area contributed by atoms with Gasteiger partial charge in [0.25, 0.3) is 0 Å². The Morgan fingerprint density at radius 1 is 1.59 bits per heavy atom. The topological polar surface area (TPSA) is 66.8 Å². The van der Waals surface area contributed by atoms with Crippen LogP contribution in [0.3, 0.4) is 0 Å². The SMILES string of the molecule is CC(=O)c1cc2c(cc1O)CC(C=CCO)O2. The number of Topliss-reactive ketones (excluding diaryl/α,β-unsaturated/α-hetero) is 1. The molecule has 2 N–H and O–H groups in total. The molecular formula is C13H14O4. The van der Waals surface area contributed by atoms with E-state index in [0.29, 0.717) is 12.2 Å². The van der Waals surface area contributed by atoms with Crippen molar-refractivity contribution in [3.8, 4) is 11.5 Å². The van der Waals surface area contributed by atoms with Gasteiger partial charge < -0.3 is 14.9 Å². The van der Waals surface area contributed by atoms with E-state index < -0.39 is 0 Å². The highest BCUT2D eigenvalue weighted by Crippen LogP contribution is 2.35. The number of carbonyl (C=O) groups excluding carboxylic acids is 1. The summed E-state index contributed by atoms with van der Waals surface area (Å²) >= 11 is 0. The normalized spacial score (nSPS) is 18.1. The molecule has 0 aromatic heterocycles. The van der Waals surface area contributed by atoms with Crippen molar-refractivity contribution < 1.29 is 19.7 Å². The lowest BCUT2D eigenvalue weighted by Gasteiger charge is -2.06. The zero-order valence-electron chi connectivity index (χ0n) is 9.51. The maximum absolute atomic E-state index is 11.3. The number of phenolic OH excluding ortho intramolecular Hbond substituents is 1. The van der Waals surface area contributed by atoms with Crippen molar-refractivity contribution in [2.24, 2.45) is 0 Å². The van der Waals surface area contributed by atoms with Crippen LogP contribution in [0.5, 0.6) is 11.5 Å². The Bertz CT molecular complexity index is 477. The average molecular weight is 234 g/mol. The molecule has 90 valence electrons. The Morgan fingerprint density at radius 3 is 3.00 bits per heavy atom. The lowest BCUT2D eigenvalue weighted by Crippen LogP contribution is -2.08. The second-order valence-corrected chi connectivity index (χ2v) is 4.00. The van der Waals surface area contributed by atoms with E-state index in [1.165, 1.54) is 6.92 Å². The molecule has 1 heterocycles. The maximum atomic E-state index is 11.3. The van der Waals surface area contributed by atoms with Crippen LogP contribution in [-0.4, -0.2) is 28.7 Å². The van der Waals surface area contributed by atoms with Gasteiger partial charge in [0.05, 0.1) is 12.2 Å². The predicted molar refractivity (Wildman–Crippen MR) is 62.5 cm³/mol. The van der Waals surface area contributed by atoms with Gasteiger partial charge in [0.1, 0.15) is 17.6 Å². The maximum Gasteiger partial charge on any atom is 0.163 e. The van der Waals surface area contributed by atoms with Crippen LogP contribution in [0.2, 0.25) is 0 Å². The molecule has 0 spiro atoms. The molecular weight excluding hydrogens is 220 g/mol. The molecule has 0 bridgehead atoms. The van der Waals surface area contributed by atoms with Crippen LogP contribution >= 0.6 is 0 Å². The van der Waals surface area contributed by atoms with E-state index in [4.69, 9.17) is 9.84 Å². The Balaban J connectivity index is 2.27. The number of ether oxygens (including phenoxy) is 1. The van der Waals surface area contributed by atoms with E-state index in [1.54, 1.807) is 24.3 Å². The van der Waals surface area contributed by atoms with Gasteiger partial charge >= 0.3 is 0 Å². The third kappa shape index (κ3) is 2.31. The number of fused-ring (bicyclic) bond motifs is 1. The average Bonchev–Trinajstić information content (AvgIpc) is 2.66. The summed E-state index contributed by atoms with van der Waals surface area (Å²) in [7, 11) is 0. The van der Waals surface area contributed by atoms with E-state index in [0.717, 1.165) is 5.56 Å². The van der Waals surface area contributed by atoms with Gasteiger partial charge in [-0.05, 0) is 25.1 Å². The van der Waals surface area contributed by atoms with Crippen molar-refractivity contribution >= 4 is 5.78 Å². The van der Waals surface area contributed by atoms with Gasteiger partial charge in [-0.3, -0.25) is 4.79 Å². The number of benzene rings is 1. The zero-order chi connectivity index (χ0) is 12.4. The number of carbonyl (C=O) groups is 1. The number of aliphatic hydroxyl groups excluding tert-OH is 1. The molecule has 0 amide bonds. The van der Waals surface area contributed by atoms with Crippen molar-refractivity contribution in [3.05, 3.63) is 35.4 Å². The van der Waals surface area contributed by atoms with E-state index in [9.17, 15) is 9.90 Å². The monoisotopic (exact) mass is 234 g/mol. The summed E-state index contributed by atoms with van der Waals surface area (Å²) in [6.07, 6.45) is 3.88. The highest BCUT2D eigenvalue weighted by Gasteiger charge is 2.23.